The van der Waals surface area contributed by atoms with Crippen molar-refractivity contribution in [1.82, 2.24) is 10.0 Å². The van der Waals surface area contributed by atoms with Crippen LogP contribution in [0.5, 0.6) is 0 Å². The topological polar surface area (TPSA) is 87.6 Å². The van der Waals surface area contributed by atoms with Crippen molar-refractivity contribution in [1.29, 1.82) is 0 Å². The quantitative estimate of drug-likeness (QED) is 0.532. The molecule has 1 heterocycles. The van der Waals surface area contributed by atoms with Gasteiger partial charge >= 0.3 is 0 Å². The first-order valence-corrected chi connectivity index (χ1v) is 12.5. The number of carbonyl (C=O) groups is 1. The van der Waals surface area contributed by atoms with Crippen LogP contribution < -0.4 is 10.0 Å². The summed E-state index contributed by atoms with van der Waals surface area (Å²) in [5.74, 6) is -0.0479. The highest BCUT2D eigenvalue weighted by molar-refractivity contribution is 7.90. The third-order valence-electron chi connectivity index (χ3n) is 5.68. The molecule has 0 fully saturated rings. The number of amidine groups is 1. The second-order valence-electron chi connectivity index (χ2n) is 8.11. The second-order valence-corrected chi connectivity index (χ2v) is 9.76. The molecule has 0 radical (unpaired) electrons. The third kappa shape index (κ3) is 5.49. The van der Waals surface area contributed by atoms with Gasteiger partial charge in [0.1, 0.15) is 11.9 Å². The molecule has 2 atom stereocenters. The Balaban J connectivity index is 1.47. The molecule has 3 aromatic carbocycles. The number of sulfonamides is 1. The molecule has 1 unspecified atom stereocenters. The Morgan fingerprint density at radius 2 is 1.58 bits per heavy atom. The van der Waals surface area contributed by atoms with E-state index in [2.05, 4.69) is 27.2 Å². The predicted octanol–water partition coefficient (Wildman–Crippen LogP) is 3.99. The highest BCUT2D eigenvalue weighted by Gasteiger charge is 2.31. The highest BCUT2D eigenvalue weighted by Crippen LogP contribution is 2.23. The van der Waals surface area contributed by atoms with E-state index in [0.29, 0.717) is 5.56 Å². The number of aryl methyl sites for hydroxylation is 1. The van der Waals surface area contributed by atoms with Gasteiger partial charge in [0.25, 0.3) is 10.0 Å². The van der Waals surface area contributed by atoms with Gasteiger partial charge < -0.3 is 5.32 Å². The van der Waals surface area contributed by atoms with Crippen molar-refractivity contribution in [2.75, 3.05) is 0 Å². The maximum absolute atomic E-state index is 13.0. The minimum absolute atomic E-state index is 0.155. The fourth-order valence-electron chi connectivity index (χ4n) is 3.94. The molecule has 0 aliphatic carbocycles. The fraction of sp³-hybridized carbons (Fsp3) is 0.231. The summed E-state index contributed by atoms with van der Waals surface area (Å²) in [4.78, 5) is 17.6. The van der Waals surface area contributed by atoms with Gasteiger partial charge in [0.15, 0.2) is 0 Å². The van der Waals surface area contributed by atoms with Crippen LogP contribution in [-0.2, 0) is 21.2 Å². The van der Waals surface area contributed by atoms with E-state index in [9.17, 15) is 13.2 Å². The molecule has 6 nitrogen and oxygen atoms in total. The standard InChI is InChI=1S/C26H27N3O3S/c1-19(27-25-22-16-8-9-18-24(22)33(31,32)29-25)26(30)28-23(21-14-6-3-7-15-21)17-10-13-20-11-4-2-5-12-20/h2-9,11-12,14-16,18-19,23H,10,13,17H2,1H3,(H,27,29)(H,28,30)/t19-,23?/m0/s1. The van der Waals surface area contributed by atoms with Crippen molar-refractivity contribution in [2.24, 2.45) is 4.99 Å². The number of hydrogen-bond acceptors (Lipinski definition) is 4. The Morgan fingerprint density at radius 3 is 2.30 bits per heavy atom. The number of nitrogens with zero attached hydrogens (tertiary/aromatic N) is 1. The molecule has 1 aliphatic rings. The summed E-state index contributed by atoms with van der Waals surface area (Å²) in [7, 11) is -3.64. The average Bonchev–Trinajstić information content (AvgIpc) is 3.09. The lowest BCUT2D eigenvalue weighted by Crippen LogP contribution is -2.36. The van der Waals surface area contributed by atoms with Crippen LogP contribution in [0.15, 0.2) is 94.8 Å². The van der Waals surface area contributed by atoms with Gasteiger partial charge in [-0.25, -0.2) is 8.42 Å². The van der Waals surface area contributed by atoms with Crippen LogP contribution in [0.2, 0.25) is 0 Å². The minimum Gasteiger partial charge on any atom is -0.347 e. The van der Waals surface area contributed by atoms with Crippen LogP contribution in [0.4, 0.5) is 0 Å². The summed E-state index contributed by atoms with van der Waals surface area (Å²) in [6, 6.07) is 25.9. The minimum atomic E-state index is -3.64. The molecule has 2 N–H and O–H groups in total. The number of aliphatic imine (C=N–C) groups is 1. The zero-order valence-electron chi connectivity index (χ0n) is 18.4. The second kappa shape index (κ2) is 10.0. The van der Waals surface area contributed by atoms with Gasteiger partial charge in [0.2, 0.25) is 5.91 Å². The number of amides is 1. The molecular weight excluding hydrogens is 434 g/mol. The number of fused-ring (bicyclic) bond motifs is 1. The lowest BCUT2D eigenvalue weighted by Gasteiger charge is -2.21. The number of carbonyl (C=O) groups excluding carboxylic acids is 1. The largest absolute Gasteiger partial charge is 0.347 e. The molecule has 0 aromatic heterocycles. The number of benzene rings is 3. The number of rotatable bonds is 8. The van der Waals surface area contributed by atoms with Crippen LogP contribution in [0, 0.1) is 0 Å². The lowest BCUT2D eigenvalue weighted by molar-refractivity contribution is -0.122. The molecule has 3 aromatic rings. The van der Waals surface area contributed by atoms with Gasteiger partial charge in [-0.15, -0.1) is 0 Å². The van der Waals surface area contributed by atoms with Crippen molar-refractivity contribution in [3.05, 3.63) is 102 Å². The van der Waals surface area contributed by atoms with E-state index in [1.54, 1.807) is 25.1 Å². The normalized spacial score (nSPS) is 17.1. The Hall–Kier alpha value is -3.45. The first-order valence-electron chi connectivity index (χ1n) is 11.0. The van der Waals surface area contributed by atoms with Gasteiger partial charge in [0, 0.05) is 5.56 Å². The number of hydrogen-bond donors (Lipinski definition) is 2. The van der Waals surface area contributed by atoms with E-state index >= 15 is 0 Å². The van der Waals surface area contributed by atoms with Crippen molar-refractivity contribution in [2.45, 2.75) is 43.2 Å². The fourth-order valence-corrected chi connectivity index (χ4v) is 5.18. The Labute approximate surface area is 194 Å². The SMILES string of the molecule is C[C@H](N=C1NS(=O)(=O)c2ccccc21)C(=O)NC(CCCc1ccccc1)c1ccccc1. The van der Waals surface area contributed by atoms with E-state index in [4.69, 9.17) is 0 Å². The van der Waals surface area contributed by atoms with E-state index in [0.717, 1.165) is 24.8 Å². The Morgan fingerprint density at radius 1 is 0.939 bits per heavy atom. The molecule has 1 amide bonds. The Bertz CT molecular complexity index is 1240. The zero-order chi connectivity index (χ0) is 23.3. The maximum Gasteiger partial charge on any atom is 0.263 e. The molecule has 1 aliphatic heterocycles. The van der Waals surface area contributed by atoms with E-state index in [-0.39, 0.29) is 22.7 Å². The third-order valence-corrected chi connectivity index (χ3v) is 7.08. The summed E-state index contributed by atoms with van der Waals surface area (Å²) in [6.07, 6.45) is 2.62. The van der Waals surface area contributed by atoms with Crippen molar-refractivity contribution in [3.63, 3.8) is 0 Å². The molecule has 33 heavy (non-hydrogen) atoms. The van der Waals surface area contributed by atoms with Gasteiger partial charge in [0.05, 0.1) is 10.9 Å². The van der Waals surface area contributed by atoms with Crippen LogP contribution >= 0.6 is 0 Å². The summed E-state index contributed by atoms with van der Waals surface area (Å²) in [5, 5.41) is 3.11. The summed E-state index contributed by atoms with van der Waals surface area (Å²) in [6.45, 7) is 1.67. The van der Waals surface area contributed by atoms with E-state index < -0.39 is 16.1 Å². The van der Waals surface area contributed by atoms with Gasteiger partial charge in [-0.05, 0) is 49.4 Å². The molecule has 170 valence electrons. The summed E-state index contributed by atoms with van der Waals surface area (Å²) >= 11 is 0. The first-order chi connectivity index (χ1) is 15.9. The van der Waals surface area contributed by atoms with Crippen molar-refractivity contribution in [3.8, 4) is 0 Å². The molecule has 0 spiro atoms. The number of nitrogens with one attached hydrogen (secondary N) is 2. The van der Waals surface area contributed by atoms with Crippen LogP contribution in [0.1, 0.15) is 42.5 Å². The summed E-state index contributed by atoms with van der Waals surface area (Å²) in [5.41, 5.74) is 2.79. The van der Waals surface area contributed by atoms with E-state index in [1.165, 1.54) is 11.6 Å². The van der Waals surface area contributed by atoms with Gasteiger partial charge in [-0.2, -0.15) is 0 Å². The first kappa shape index (κ1) is 22.7. The smallest absolute Gasteiger partial charge is 0.263 e. The molecule has 0 bridgehead atoms. The van der Waals surface area contributed by atoms with Crippen molar-refractivity contribution < 1.29 is 13.2 Å². The highest BCUT2D eigenvalue weighted by atomic mass is 32.2. The zero-order valence-corrected chi connectivity index (χ0v) is 19.3. The maximum atomic E-state index is 13.0. The monoisotopic (exact) mass is 461 g/mol. The van der Waals surface area contributed by atoms with Crippen LogP contribution in [0.25, 0.3) is 0 Å². The average molecular weight is 462 g/mol. The molecular formula is C26H27N3O3S. The molecule has 0 saturated heterocycles. The molecule has 4 rings (SSSR count). The van der Waals surface area contributed by atoms with Gasteiger partial charge in [-0.3, -0.25) is 14.5 Å². The van der Waals surface area contributed by atoms with Gasteiger partial charge in [-0.1, -0.05) is 72.8 Å². The van der Waals surface area contributed by atoms with Crippen LogP contribution in [-0.4, -0.2) is 26.2 Å². The molecule has 0 saturated carbocycles. The molecule has 7 heteroatoms. The van der Waals surface area contributed by atoms with Crippen molar-refractivity contribution >= 4 is 21.8 Å². The van der Waals surface area contributed by atoms with Crippen LogP contribution in [0.3, 0.4) is 0 Å². The predicted molar refractivity (Wildman–Crippen MR) is 129 cm³/mol. The van der Waals surface area contributed by atoms with E-state index in [1.807, 2.05) is 48.5 Å². The lowest BCUT2D eigenvalue weighted by atomic mass is 9.98. The Kier molecular flexibility index (Phi) is 6.89. The summed E-state index contributed by atoms with van der Waals surface area (Å²) < 4.78 is 27.1.